The number of anilines is 1. The third-order valence-corrected chi connectivity index (χ3v) is 5.19. The third-order valence-electron chi connectivity index (χ3n) is 4.47. The maximum Gasteiger partial charge on any atom is 0.253 e. The second-order valence-electron chi connectivity index (χ2n) is 5.42. The molecule has 2 N–H and O–H groups in total. The van der Waals surface area contributed by atoms with Crippen molar-refractivity contribution >= 4 is 27.5 Å². The molecule has 1 aromatic carbocycles. The number of nitrogen functional groups attached to an aromatic ring is 1. The van der Waals surface area contributed by atoms with E-state index in [1.165, 1.54) is 0 Å². The number of halogens is 1. The van der Waals surface area contributed by atoms with E-state index < -0.39 is 0 Å². The summed E-state index contributed by atoms with van der Waals surface area (Å²) in [7, 11) is 0. The Morgan fingerprint density at radius 1 is 1.42 bits per heavy atom. The van der Waals surface area contributed by atoms with E-state index in [0.717, 1.165) is 36.8 Å². The number of likely N-dealkylation sites (tertiary alicyclic amines) is 1. The topological polar surface area (TPSA) is 46.3 Å². The molecular formula is C15H21BrN2O. The van der Waals surface area contributed by atoms with Gasteiger partial charge >= 0.3 is 0 Å². The fraction of sp³-hybridized carbons (Fsp3) is 0.533. The molecule has 0 radical (unpaired) electrons. The van der Waals surface area contributed by atoms with Gasteiger partial charge in [-0.25, -0.2) is 0 Å². The van der Waals surface area contributed by atoms with Gasteiger partial charge in [0.2, 0.25) is 0 Å². The lowest BCUT2D eigenvalue weighted by atomic mass is 9.82. The van der Waals surface area contributed by atoms with Crippen molar-refractivity contribution in [3.05, 3.63) is 28.2 Å². The van der Waals surface area contributed by atoms with Crippen LogP contribution in [-0.4, -0.2) is 23.9 Å². The minimum Gasteiger partial charge on any atom is -0.398 e. The molecule has 104 valence electrons. The van der Waals surface area contributed by atoms with Crippen LogP contribution in [0.2, 0.25) is 0 Å². The molecule has 0 unspecified atom stereocenters. The van der Waals surface area contributed by atoms with Gasteiger partial charge in [-0.3, -0.25) is 4.79 Å². The maximum atomic E-state index is 12.5. The number of carbonyl (C=O) groups excluding carboxylic acids is 1. The third kappa shape index (κ3) is 2.78. The van der Waals surface area contributed by atoms with Crippen LogP contribution < -0.4 is 5.73 Å². The van der Waals surface area contributed by atoms with Crippen molar-refractivity contribution in [2.75, 3.05) is 18.8 Å². The van der Waals surface area contributed by atoms with Crippen LogP contribution >= 0.6 is 15.9 Å². The van der Waals surface area contributed by atoms with Crippen LogP contribution in [0.4, 0.5) is 5.69 Å². The van der Waals surface area contributed by atoms with E-state index in [1.54, 1.807) is 6.07 Å². The molecule has 0 aliphatic carbocycles. The van der Waals surface area contributed by atoms with Gasteiger partial charge in [0.05, 0.1) is 0 Å². The van der Waals surface area contributed by atoms with Crippen LogP contribution in [0.5, 0.6) is 0 Å². The summed E-state index contributed by atoms with van der Waals surface area (Å²) < 4.78 is 0.835. The van der Waals surface area contributed by atoms with Crippen molar-refractivity contribution < 1.29 is 4.79 Å². The van der Waals surface area contributed by atoms with Gasteiger partial charge in [0.25, 0.3) is 5.91 Å². The summed E-state index contributed by atoms with van der Waals surface area (Å²) in [5.41, 5.74) is 7.46. The molecule has 19 heavy (non-hydrogen) atoms. The van der Waals surface area contributed by atoms with Gasteiger partial charge in [-0.2, -0.15) is 0 Å². The fourth-order valence-electron chi connectivity index (χ4n) is 2.79. The average molecular weight is 325 g/mol. The smallest absolute Gasteiger partial charge is 0.253 e. The van der Waals surface area contributed by atoms with Gasteiger partial charge in [0.15, 0.2) is 0 Å². The summed E-state index contributed by atoms with van der Waals surface area (Å²) in [6, 6.07) is 5.43. The van der Waals surface area contributed by atoms with E-state index in [2.05, 4.69) is 29.8 Å². The number of amides is 1. The minimum absolute atomic E-state index is 0.1000. The Labute approximate surface area is 123 Å². The van der Waals surface area contributed by atoms with Crippen LogP contribution in [0.3, 0.4) is 0 Å². The van der Waals surface area contributed by atoms with E-state index >= 15 is 0 Å². The van der Waals surface area contributed by atoms with E-state index in [4.69, 9.17) is 5.73 Å². The molecule has 1 amide bonds. The van der Waals surface area contributed by atoms with Gasteiger partial charge in [-0.1, -0.05) is 13.8 Å². The Kier molecular flexibility index (Phi) is 4.19. The van der Waals surface area contributed by atoms with Gasteiger partial charge in [-0.15, -0.1) is 0 Å². The summed E-state index contributed by atoms with van der Waals surface area (Å²) in [4.78, 5) is 14.5. The van der Waals surface area contributed by atoms with E-state index in [-0.39, 0.29) is 5.91 Å². The Hall–Kier alpha value is -1.03. The van der Waals surface area contributed by atoms with Crippen LogP contribution in [0, 0.1) is 5.41 Å². The van der Waals surface area contributed by atoms with E-state index in [1.807, 2.05) is 17.0 Å². The van der Waals surface area contributed by atoms with Crippen LogP contribution in [-0.2, 0) is 0 Å². The number of nitrogens with two attached hydrogens (primary N) is 1. The second kappa shape index (κ2) is 5.53. The van der Waals surface area contributed by atoms with Gasteiger partial charge in [0.1, 0.15) is 0 Å². The molecule has 1 heterocycles. The normalized spacial score (nSPS) is 17.7. The first-order valence-electron chi connectivity index (χ1n) is 6.85. The predicted molar refractivity (Wildman–Crippen MR) is 82.1 cm³/mol. The lowest BCUT2D eigenvalue weighted by molar-refractivity contribution is 0.0770. The number of hydrogen-bond acceptors (Lipinski definition) is 2. The average Bonchev–Trinajstić information content (AvgIpc) is 2.86. The Morgan fingerprint density at radius 2 is 2.11 bits per heavy atom. The molecule has 4 heteroatoms. The zero-order valence-corrected chi connectivity index (χ0v) is 13.2. The molecular weight excluding hydrogens is 304 g/mol. The van der Waals surface area contributed by atoms with Crippen molar-refractivity contribution in [3.8, 4) is 0 Å². The summed E-state index contributed by atoms with van der Waals surface area (Å²) in [6.07, 6.45) is 3.38. The highest BCUT2D eigenvalue weighted by molar-refractivity contribution is 9.10. The minimum atomic E-state index is 0.1000. The molecule has 0 spiro atoms. The molecule has 1 fully saturated rings. The van der Waals surface area contributed by atoms with Gasteiger partial charge < -0.3 is 10.6 Å². The van der Waals surface area contributed by atoms with Crippen molar-refractivity contribution in [1.29, 1.82) is 0 Å². The molecule has 0 saturated carbocycles. The molecule has 1 aliphatic rings. The molecule has 3 nitrogen and oxygen atoms in total. The van der Waals surface area contributed by atoms with E-state index in [9.17, 15) is 4.79 Å². The van der Waals surface area contributed by atoms with Crippen molar-refractivity contribution in [3.63, 3.8) is 0 Å². The first kappa shape index (κ1) is 14.4. The Balaban J connectivity index is 2.15. The number of benzene rings is 1. The largest absolute Gasteiger partial charge is 0.398 e. The first-order valence-corrected chi connectivity index (χ1v) is 7.65. The lowest BCUT2D eigenvalue weighted by Crippen LogP contribution is -2.31. The molecule has 0 atom stereocenters. The molecule has 1 aromatic rings. The van der Waals surface area contributed by atoms with Gasteiger partial charge in [0, 0.05) is 28.8 Å². The zero-order chi connectivity index (χ0) is 14.0. The molecule has 2 rings (SSSR count). The highest BCUT2D eigenvalue weighted by Gasteiger charge is 2.37. The lowest BCUT2D eigenvalue weighted by Gasteiger charge is -2.26. The highest BCUT2D eigenvalue weighted by Crippen LogP contribution is 2.37. The number of rotatable bonds is 3. The first-order chi connectivity index (χ1) is 9.01. The molecule has 0 aromatic heterocycles. The zero-order valence-electron chi connectivity index (χ0n) is 11.6. The number of hydrogen-bond donors (Lipinski definition) is 1. The fourth-order valence-corrected chi connectivity index (χ4v) is 3.04. The van der Waals surface area contributed by atoms with Crippen LogP contribution in [0.15, 0.2) is 22.7 Å². The predicted octanol–water partition coefficient (Wildman–Crippen LogP) is 3.68. The standard InChI is InChI=1S/C15H21BrN2O/c1-3-15(4-2)7-8-18(10-15)14(19)11-5-6-12(16)13(17)9-11/h5-6,9H,3-4,7-8,10,17H2,1-2H3. The summed E-state index contributed by atoms with van der Waals surface area (Å²) in [5, 5.41) is 0. The van der Waals surface area contributed by atoms with Gasteiger partial charge in [-0.05, 0) is 58.8 Å². The molecule has 0 bridgehead atoms. The monoisotopic (exact) mass is 324 g/mol. The Bertz CT molecular complexity index is 483. The van der Waals surface area contributed by atoms with Crippen molar-refractivity contribution in [2.45, 2.75) is 33.1 Å². The van der Waals surface area contributed by atoms with Crippen LogP contribution in [0.1, 0.15) is 43.5 Å². The quantitative estimate of drug-likeness (QED) is 0.862. The van der Waals surface area contributed by atoms with Crippen LogP contribution in [0.25, 0.3) is 0 Å². The Morgan fingerprint density at radius 3 is 2.63 bits per heavy atom. The SMILES string of the molecule is CCC1(CC)CCN(C(=O)c2ccc(Br)c(N)c2)C1. The maximum absolute atomic E-state index is 12.5. The molecule has 1 aliphatic heterocycles. The van der Waals surface area contributed by atoms with E-state index in [0.29, 0.717) is 16.7 Å². The molecule has 1 saturated heterocycles. The highest BCUT2D eigenvalue weighted by atomic mass is 79.9. The van der Waals surface area contributed by atoms with Crippen molar-refractivity contribution in [2.24, 2.45) is 5.41 Å². The summed E-state index contributed by atoms with van der Waals surface area (Å²) >= 11 is 3.35. The summed E-state index contributed by atoms with van der Waals surface area (Å²) in [6.45, 7) is 6.16. The number of carbonyl (C=O) groups is 1. The number of nitrogens with zero attached hydrogens (tertiary/aromatic N) is 1. The van der Waals surface area contributed by atoms with Crippen molar-refractivity contribution in [1.82, 2.24) is 4.90 Å². The summed E-state index contributed by atoms with van der Waals surface area (Å²) in [5.74, 6) is 0.1000. The second-order valence-corrected chi connectivity index (χ2v) is 6.27.